The SMILES string of the molecule is Cc1c(CCC(=O)On2c(O)ccc2O)c(=O)oc2cc(O)ccc12. The summed E-state index contributed by atoms with van der Waals surface area (Å²) in [4.78, 5) is 28.8. The molecule has 0 saturated heterocycles. The maximum atomic E-state index is 12.1. The van der Waals surface area contributed by atoms with E-state index in [1.54, 1.807) is 13.0 Å². The lowest BCUT2D eigenvalue weighted by atomic mass is 10.0. The van der Waals surface area contributed by atoms with Crippen molar-refractivity contribution in [2.75, 3.05) is 0 Å². The van der Waals surface area contributed by atoms with Crippen molar-refractivity contribution in [3.05, 3.63) is 51.9 Å². The molecule has 3 rings (SSSR count). The molecule has 3 aromatic rings. The summed E-state index contributed by atoms with van der Waals surface area (Å²) in [5.41, 5.74) is 0.618. The van der Waals surface area contributed by atoms with Crippen LogP contribution in [0.2, 0.25) is 0 Å². The standard InChI is InChI=1S/C17H15NO7/c1-9-11-3-2-10(19)8-13(11)24-17(23)12(9)4-7-16(22)25-18-14(20)5-6-15(18)21/h2-3,5-6,8,19-21H,4,7H2,1H3. The largest absolute Gasteiger partial charge is 0.508 e. The van der Waals surface area contributed by atoms with Gasteiger partial charge in [0.2, 0.25) is 11.8 Å². The molecule has 8 nitrogen and oxygen atoms in total. The summed E-state index contributed by atoms with van der Waals surface area (Å²) >= 11 is 0. The predicted molar refractivity (Wildman–Crippen MR) is 86.6 cm³/mol. The van der Waals surface area contributed by atoms with Gasteiger partial charge in [0.05, 0.1) is 6.42 Å². The third-order valence-electron chi connectivity index (χ3n) is 3.84. The molecule has 0 aliphatic rings. The van der Waals surface area contributed by atoms with E-state index in [0.717, 1.165) is 0 Å². The lowest BCUT2D eigenvalue weighted by molar-refractivity contribution is -0.145. The third-order valence-corrected chi connectivity index (χ3v) is 3.84. The van der Waals surface area contributed by atoms with Crippen LogP contribution in [0.3, 0.4) is 0 Å². The molecule has 25 heavy (non-hydrogen) atoms. The minimum absolute atomic E-state index is 0.0160. The van der Waals surface area contributed by atoms with Gasteiger partial charge in [0.1, 0.15) is 11.3 Å². The molecule has 0 radical (unpaired) electrons. The molecule has 8 heteroatoms. The Morgan fingerprint density at radius 2 is 1.84 bits per heavy atom. The number of hydrogen-bond acceptors (Lipinski definition) is 7. The van der Waals surface area contributed by atoms with E-state index in [0.29, 0.717) is 21.2 Å². The summed E-state index contributed by atoms with van der Waals surface area (Å²) in [6.45, 7) is 1.72. The zero-order valence-corrected chi connectivity index (χ0v) is 13.2. The second-order valence-corrected chi connectivity index (χ2v) is 5.48. The van der Waals surface area contributed by atoms with Crippen molar-refractivity contribution in [2.45, 2.75) is 19.8 Å². The molecule has 2 heterocycles. The van der Waals surface area contributed by atoms with Crippen molar-refractivity contribution in [1.29, 1.82) is 0 Å². The number of aromatic nitrogens is 1. The van der Waals surface area contributed by atoms with E-state index < -0.39 is 23.4 Å². The Bertz CT molecular complexity index is 996. The van der Waals surface area contributed by atoms with Gasteiger partial charge in [-0.25, -0.2) is 9.59 Å². The Morgan fingerprint density at radius 3 is 2.52 bits per heavy atom. The predicted octanol–water partition coefficient (Wildman–Crippen LogP) is 1.61. The van der Waals surface area contributed by atoms with E-state index >= 15 is 0 Å². The van der Waals surface area contributed by atoms with Crippen molar-refractivity contribution < 1.29 is 29.4 Å². The van der Waals surface area contributed by atoms with Crippen molar-refractivity contribution in [3.63, 3.8) is 0 Å². The summed E-state index contributed by atoms with van der Waals surface area (Å²) in [5, 5.41) is 29.0. The van der Waals surface area contributed by atoms with E-state index in [9.17, 15) is 24.9 Å². The number of phenolic OH excluding ortho intramolecular Hbond substituents is 1. The van der Waals surface area contributed by atoms with Gasteiger partial charge in [-0.05, 0) is 31.0 Å². The van der Waals surface area contributed by atoms with Crippen LogP contribution in [0.1, 0.15) is 17.5 Å². The fraction of sp³-hybridized carbons (Fsp3) is 0.176. The first-order valence-corrected chi connectivity index (χ1v) is 7.43. The van der Waals surface area contributed by atoms with Crippen LogP contribution in [0.15, 0.2) is 39.5 Å². The Labute approximate surface area is 141 Å². The van der Waals surface area contributed by atoms with Crippen LogP contribution in [-0.2, 0) is 11.2 Å². The molecule has 1 aromatic carbocycles. The lowest BCUT2D eigenvalue weighted by Gasteiger charge is -2.09. The van der Waals surface area contributed by atoms with Crippen molar-refractivity contribution in [1.82, 2.24) is 4.73 Å². The number of carbonyl (C=O) groups excluding carboxylic acids is 1. The molecule has 0 saturated carbocycles. The summed E-state index contributed by atoms with van der Waals surface area (Å²) in [7, 11) is 0. The highest BCUT2D eigenvalue weighted by Crippen LogP contribution is 2.24. The van der Waals surface area contributed by atoms with Gasteiger partial charge in [-0.3, -0.25) is 0 Å². The molecule has 0 aliphatic carbocycles. The number of benzene rings is 1. The monoisotopic (exact) mass is 345 g/mol. The molecule has 0 unspecified atom stereocenters. The fourth-order valence-electron chi connectivity index (χ4n) is 2.54. The van der Waals surface area contributed by atoms with Gasteiger partial charge in [0.25, 0.3) is 0 Å². The summed E-state index contributed by atoms with van der Waals surface area (Å²) in [6, 6.07) is 6.78. The zero-order valence-electron chi connectivity index (χ0n) is 13.2. The highest BCUT2D eigenvalue weighted by molar-refractivity contribution is 5.82. The van der Waals surface area contributed by atoms with Crippen LogP contribution in [0, 0.1) is 6.92 Å². The van der Waals surface area contributed by atoms with E-state index in [2.05, 4.69) is 0 Å². The number of aryl methyl sites for hydroxylation is 1. The van der Waals surface area contributed by atoms with Gasteiger partial charge in [-0.2, -0.15) is 0 Å². The van der Waals surface area contributed by atoms with Gasteiger partial charge in [0, 0.05) is 29.1 Å². The van der Waals surface area contributed by atoms with E-state index in [1.807, 2.05) is 0 Å². The molecule has 0 fully saturated rings. The number of aromatic hydroxyl groups is 3. The molecular formula is C17H15NO7. The minimum atomic E-state index is -0.744. The Balaban J connectivity index is 1.80. The molecule has 0 atom stereocenters. The molecular weight excluding hydrogens is 330 g/mol. The Kier molecular flexibility index (Phi) is 4.10. The molecule has 0 aliphatic heterocycles. The Hall–Kier alpha value is -3.42. The molecule has 0 amide bonds. The summed E-state index contributed by atoms with van der Waals surface area (Å²) in [6.07, 6.45) is -0.0984. The maximum absolute atomic E-state index is 12.1. The van der Waals surface area contributed by atoms with Crippen molar-refractivity contribution in [2.24, 2.45) is 0 Å². The molecule has 0 bridgehead atoms. The van der Waals surface area contributed by atoms with Crippen LogP contribution in [0.5, 0.6) is 17.5 Å². The first-order valence-electron chi connectivity index (χ1n) is 7.43. The number of rotatable bonds is 4. The zero-order chi connectivity index (χ0) is 18.1. The average Bonchev–Trinajstić information content (AvgIpc) is 2.86. The Morgan fingerprint density at radius 1 is 1.16 bits per heavy atom. The molecule has 130 valence electrons. The summed E-state index contributed by atoms with van der Waals surface area (Å²) in [5.74, 6) is -1.61. The maximum Gasteiger partial charge on any atom is 0.339 e. The minimum Gasteiger partial charge on any atom is -0.508 e. The van der Waals surface area contributed by atoms with Gasteiger partial charge >= 0.3 is 11.6 Å². The van der Waals surface area contributed by atoms with Crippen LogP contribution in [-0.4, -0.2) is 26.0 Å². The fourth-order valence-corrected chi connectivity index (χ4v) is 2.54. The van der Waals surface area contributed by atoms with Crippen LogP contribution in [0.25, 0.3) is 11.0 Å². The summed E-state index contributed by atoms with van der Waals surface area (Å²) < 4.78 is 5.76. The average molecular weight is 345 g/mol. The van der Waals surface area contributed by atoms with Crippen molar-refractivity contribution >= 4 is 16.9 Å². The topological polar surface area (TPSA) is 122 Å². The van der Waals surface area contributed by atoms with Crippen LogP contribution >= 0.6 is 0 Å². The number of fused-ring (bicyclic) bond motifs is 1. The number of phenols is 1. The number of carbonyl (C=O) groups is 1. The third kappa shape index (κ3) is 3.14. The number of nitrogens with zero attached hydrogens (tertiary/aromatic N) is 1. The quantitative estimate of drug-likeness (QED) is 0.614. The van der Waals surface area contributed by atoms with E-state index in [1.165, 1.54) is 24.3 Å². The van der Waals surface area contributed by atoms with E-state index in [4.69, 9.17) is 9.25 Å². The first-order chi connectivity index (χ1) is 11.9. The van der Waals surface area contributed by atoms with Crippen LogP contribution in [0.4, 0.5) is 0 Å². The first kappa shape index (κ1) is 16.4. The highest BCUT2D eigenvalue weighted by Gasteiger charge is 2.16. The van der Waals surface area contributed by atoms with Crippen molar-refractivity contribution in [3.8, 4) is 17.5 Å². The molecule has 0 spiro atoms. The number of hydrogen-bond donors (Lipinski definition) is 3. The van der Waals surface area contributed by atoms with Gasteiger partial charge < -0.3 is 24.6 Å². The van der Waals surface area contributed by atoms with Crippen LogP contribution < -0.4 is 10.5 Å². The van der Waals surface area contributed by atoms with Gasteiger partial charge in [-0.1, -0.05) is 0 Å². The van der Waals surface area contributed by atoms with Gasteiger partial charge in [-0.15, -0.1) is 4.73 Å². The molecule has 3 N–H and O–H groups in total. The van der Waals surface area contributed by atoms with Gasteiger partial charge in [0.15, 0.2) is 0 Å². The van der Waals surface area contributed by atoms with E-state index in [-0.39, 0.29) is 24.2 Å². The molecule has 2 aromatic heterocycles. The lowest BCUT2D eigenvalue weighted by Crippen LogP contribution is -2.21. The smallest absolute Gasteiger partial charge is 0.339 e. The highest BCUT2D eigenvalue weighted by atomic mass is 16.7. The normalized spacial score (nSPS) is 10.9. The second-order valence-electron chi connectivity index (χ2n) is 5.48. The second kappa shape index (κ2) is 6.23.